The molecule has 1 saturated carbocycles. The highest BCUT2D eigenvalue weighted by atomic mass is 16.3. The van der Waals surface area contributed by atoms with Crippen molar-refractivity contribution >= 4 is 5.91 Å². The number of amides is 1. The minimum Gasteiger partial charge on any atom is -0.394 e. The van der Waals surface area contributed by atoms with Gasteiger partial charge < -0.3 is 10.4 Å². The van der Waals surface area contributed by atoms with Crippen LogP contribution in [0.4, 0.5) is 0 Å². The summed E-state index contributed by atoms with van der Waals surface area (Å²) in [6.45, 7) is 3.85. The number of aliphatic hydroxyl groups excluding tert-OH is 1. The summed E-state index contributed by atoms with van der Waals surface area (Å²) in [6, 6.07) is 9.72. The van der Waals surface area contributed by atoms with Gasteiger partial charge >= 0.3 is 0 Å². The van der Waals surface area contributed by atoms with Gasteiger partial charge in [-0.2, -0.15) is 0 Å². The number of hydrogen-bond acceptors (Lipinski definition) is 2. The lowest BCUT2D eigenvalue weighted by Gasteiger charge is -2.27. The van der Waals surface area contributed by atoms with Gasteiger partial charge in [-0.05, 0) is 32.3 Å². The topological polar surface area (TPSA) is 49.3 Å². The van der Waals surface area contributed by atoms with Crippen molar-refractivity contribution in [1.29, 1.82) is 0 Å². The Morgan fingerprint density at radius 2 is 1.94 bits per heavy atom. The van der Waals surface area contributed by atoms with Crippen LogP contribution in [0.5, 0.6) is 0 Å². The van der Waals surface area contributed by atoms with Crippen LogP contribution in [0.2, 0.25) is 0 Å². The highest BCUT2D eigenvalue weighted by Crippen LogP contribution is 2.36. The molecule has 1 aromatic carbocycles. The normalized spacial score (nSPS) is 17.6. The quantitative estimate of drug-likeness (QED) is 0.830. The highest BCUT2D eigenvalue weighted by molar-refractivity contribution is 5.88. The molecule has 2 N–H and O–H groups in total. The molecule has 0 atom stereocenters. The molecule has 0 radical (unpaired) electrons. The third-order valence-corrected chi connectivity index (χ3v) is 3.60. The fourth-order valence-electron chi connectivity index (χ4n) is 1.86. The smallest absolute Gasteiger partial charge is 0.230 e. The molecule has 0 heterocycles. The lowest BCUT2D eigenvalue weighted by Crippen LogP contribution is -2.48. The van der Waals surface area contributed by atoms with Gasteiger partial charge in [0.15, 0.2) is 0 Å². The summed E-state index contributed by atoms with van der Waals surface area (Å²) in [4.78, 5) is 12.3. The van der Waals surface area contributed by atoms with Gasteiger partial charge in [0.1, 0.15) is 0 Å². The van der Waals surface area contributed by atoms with Crippen molar-refractivity contribution < 1.29 is 9.90 Å². The Hall–Kier alpha value is -1.35. The molecule has 3 heteroatoms. The third-order valence-electron chi connectivity index (χ3n) is 3.60. The fourth-order valence-corrected chi connectivity index (χ4v) is 1.86. The van der Waals surface area contributed by atoms with Crippen LogP contribution in [-0.2, 0) is 10.2 Å². The van der Waals surface area contributed by atoms with Gasteiger partial charge in [-0.3, -0.25) is 4.79 Å². The van der Waals surface area contributed by atoms with Crippen LogP contribution >= 0.6 is 0 Å². The molecular weight excluding hydrogens is 214 g/mol. The molecule has 1 aliphatic carbocycles. The Bertz CT molecular complexity index is 407. The second-order valence-corrected chi connectivity index (χ2v) is 5.38. The van der Waals surface area contributed by atoms with Crippen LogP contribution in [0.25, 0.3) is 0 Å². The highest BCUT2D eigenvalue weighted by Gasteiger charge is 2.46. The third kappa shape index (κ3) is 2.34. The van der Waals surface area contributed by atoms with Gasteiger partial charge in [-0.15, -0.1) is 0 Å². The van der Waals surface area contributed by atoms with Crippen molar-refractivity contribution in [2.75, 3.05) is 6.61 Å². The first kappa shape index (κ1) is 12.1. The van der Waals surface area contributed by atoms with Gasteiger partial charge in [-0.25, -0.2) is 0 Å². The number of carbonyl (C=O) groups excluding carboxylic acids is 1. The number of hydrogen-bond donors (Lipinski definition) is 2. The zero-order chi connectivity index (χ0) is 12.5. The van der Waals surface area contributed by atoms with Crippen LogP contribution < -0.4 is 5.32 Å². The molecular formula is C14H19NO2. The number of rotatable bonds is 4. The lowest BCUT2D eigenvalue weighted by atomic mass is 9.83. The Balaban J connectivity index is 2.13. The average Bonchev–Trinajstić information content (AvgIpc) is 3.10. The van der Waals surface area contributed by atoms with E-state index in [0.29, 0.717) is 0 Å². The Morgan fingerprint density at radius 3 is 2.41 bits per heavy atom. The molecule has 2 rings (SSSR count). The molecule has 0 saturated heterocycles. The second-order valence-electron chi connectivity index (χ2n) is 5.38. The van der Waals surface area contributed by atoms with Crippen LogP contribution in [0.15, 0.2) is 30.3 Å². The molecule has 1 amide bonds. The van der Waals surface area contributed by atoms with E-state index in [-0.39, 0.29) is 18.1 Å². The Kier molecular flexibility index (Phi) is 2.96. The largest absolute Gasteiger partial charge is 0.394 e. The molecule has 1 aromatic rings. The van der Waals surface area contributed by atoms with Gasteiger partial charge in [0.05, 0.1) is 17.6 Å². The molecule has 0 bridgehead atoms. The van der Waals surface area contributed by atoms with Crippen LogP contribution in [0.1, 0.15) is 32.3 Å². The molecule has 92 valence electrons. The minimum atomic E-state index is -0.563. The predicted octanol–water partition coefficient (Wildman–Crippen LogP) is 1.61. The fraction of sp³-hybridized carbons (Fsp3) is 0.500. The second kappa shape index (κ2) is 4.15. The summed E-state index contributed by atoms with van der Waals surface area (Å²) in [7, 11) is 0. The van der Waals surface area contributed by atoms with E-state index in [9.17, 15) is 9.90 Å². The van der Waals surface area contributed by atoms with Crippen LogP contribution in [0, 0.1) is 0 Å². The van der Waals surface area contributed by atoms with Crippen molar-refractivity contribution in [3.8, 4) is 0 Å². The average molecular weight is 233 g/mol. The Labute approximate surface area is 102 Å². The first-order chi connectivity index (χ1) is 8.00. The molecule has 3 nitrogen and oxygen atoms in total. The van der Waals surface area contributed by atoms with E-state index in [1.54, 1.807) is 0 Å². The minimum absolute atomic E-state index is 0.0183. The molecule has 17 heavy (non-hydrogen) atoms. The predicted molar refractivity (Wildman–Crippen MR) is 66.7 cm³/mol. The first-order valence-electron chi connectivity index (χ1n) is 5.99. The van der Waals surface area contributed by atoms with Gasteiger partial charge in [0.25, 0.3) is 0 Å². The van der Waals surface area contributed by atoms with E-state index in [2.05, 4.69) is 5.32 Å². The van der Waals surface area contributed by atoms with Crippen LogP contribution in [-0.4, -0.2) is 23.2 Å². The summed E-state index contributed by atoms with van der Waals surface area (Å²) >= 11 is 0. The number of aliphatic hydroxyl groups is 1. The van der Waals surface area contributed by atoms with E-state index in [4.69, 9.17) is 0 Å². The molecule has 0 unspecified atom stereocenters. The molecule has 0 spiro atoms. The summed E-state index contributed by atoms with van der Waals surface area (Å²) in [5, 5.41) is 12.2. The zero-order valence-corrected chi connectivity index (χ0v) is 10.4. The van der Waals surface area contributed by atoms with Crippen molar-refractivity contribution in [2.45, 2.75) is 37.6 Å². The summed E-state index contributed by atoms with van der Waals surface area (Å²) < 4.78 is 0. The van der Waals surface area contributed by atoms with E-state index >= 15 is 0 Å². The van der Waals surface area contributed by atoms with Gasteiger partial charge in [-0.1, -0.05) is 30.3 Å². The maximum Gasteiger partial charge on any atom is 0.230 e. The zero-order valence-electron chi connectivity index (χ0n) is 10.4. The first-order valence-corrected chi connectivity index (χ1v) is 5.99. The Morgan fingerprint density at radius 1 is 1.35 bits per heavy atom. The van der Waals surface area contributed by atoms with Gasteiger partial charge in [0, 0.05) is 0 Å². The van der Waals surface area contributed by atoms with Crippen molar-refractivity contribution in [2.24, 2.45) is 0 Å². The van der Waals surface area contributed by atoms with E-state index in [1.807, 2.05) is 44.2 Å². The maximum atomic E-state index is 12.3. The number of nitrogens with one attached hydrogen (secondary N) is 1. The lowest BCUT2D eigenvalue weighted by molar-refractivity contribution is -0.127. The number of benzene rings is 1. The summed E-state index contributed by atoms with van der Waals surface area (Å²) in [5.74, 6) is -0.0183. The van der Waals surface area contributed by atoms with E-state index in [1.165, 1.54) is 0 Å². The number of carbonyl (C=O) groups is 1. The van der Waals surface area contributed by atoms with Crippen LogP contribution in [0.3, 0.4) is 0 Å². The van der Waals surface area contributed by atoms with Crippen molar-refractivity contribution in [3.63, 3.8) is 0 Å². The van der Waals surface area contributed by atoms with Crippen molar-refractivity contribution in [3.05, 3.63) is 35.9 Å². The standard InChI is InChI=1S/C14H19NO2/c1-13(2,11-6-4-3-5-7-11)12(17)15-14(10-16)8-9-14/h3-7,16H,8-10H2,1-2H3,(H,15,17). The molecule has 0 aliphatic heterocycles. The SMILES string of the molecule is CC(C)(C(=O)NC1(CO)CC1)c1ccccc1. The summed E-state index contributed by atoms with van der Waals surface area (Å²) in [6.07, 6.45) is 1.75. The van der Waals surface area contributed by atoms with E-state index < -0.39 is 5.41 Å². The van der Waals surface area contributed by atoms with E-state index in [0.717, 1.165) is 18.4 Å². The van der Waals surface area contributed by atoms with Crippen molar-refractivity contribution in [1.82, 2.24) is 5.32 Å². The van der Waals surface area contributed by atoms with Gasteiger partial charge in [0.2, 0.25) is 5.91 Å². The maximum absolute atomic E-state index is 12.3. The molecule has 1 fully saturated rings. The molecule has 1 aliphatic rings. The summed E-state index contributed by atoms with van der Waals surface area (Å²) in [5.41, 5.74) is 0.0843. The molecule has 0 aromatic heterocycles. The monoisotopic (exact) mass is 233 g/mol.